The Balaban J connectivity index is 1.77. The second-order valence-corrected chi connectivity index (χ2v) is 4.73. The van der Waals surface area contributed by atoms with Gasteiger partial charge >= 0.3 is 0 Å². The Morgan fingerprint density at radius 1 is 1.52 bits per heavy atom. The van der Waals surface area contributed by atoms with Crippen LogP contribution in [0, 0.1) is 5.82 Å². The summed E-state index contributed by atoms with van der Waals surface area (Å²) < 4.78 is 20.3. The second kappa shape index (κ2) is 5.43. The van der Waals surface area contributed by atoms with Crippen molar-refractivity contribution in [1.82, 2.24) is 9.55 Å². The van der Waals surface area contributed by atoms with Gasteiger partial charge in [-0.15, -0.1) is 0 Å². The smallest absolute Gasteiger partial charge is 0.275 e. The third kappa shape index (κ3) is 2.67. The number of fused-ring (bicyclic) bond motifs is 1. The van der Waals surface area contributed by atoms with E-state index in [4.69, 9.17) is 4.74 Å². The van der Waals surface area contributed by atoms with E-state index in [9.17, 15) is 9.18 Å². The number of nitrogens with zero attached hydrogens (tertiary/aromatic N) is 2. The monoisotopic (exact) mass is 290 g/mol. The zero-order valence-electron chi connectivity index (χ0n) is 11.5. The molecule has 2 aromatic rings. The van der Waals surface area contributed by atoms with Crippen LogP contribution in [-0.2, 0) is 6.54 Å². The van der Waals surface area contributed by atoms with Gasteiger partial charge in [0.25, 0.3) is 5.91 Å². The van der Waals surface area contributed by atoms with Crippen molar-refractivity contribution in [3.05, 3.63) is 35.9 Å². The Hall–Kier alpha value is -2.57. The van der Waals surface area contributed by atoms with E-state index >= 15 is 0 Å². The van der Waals surface area contributed by atoms with Crippen LogP contribution >= 0.6 is 0 Å². The number of imidazole rings is 1. The number of ether oxygens (including phenoxy) is 1. The standard InChI is InChI=1S/C14H15FN4O2/c1-21-12-4-3-9(7-10(12)15)17-13(20)11-8-19-6-2-5-16-14(19)18-11/h3-4,7-8H,2,5-6H2,1H3,(H,16,18)(H,17,20). The predicted octanol–water partition coefficient (Wildman–Crippen LogP) is 2.10. The maximum absolute atomic E-state index is 13.6. The lowest BCUT2D eigenvalue weighted by atomic mass is 10.3. The minimum atomic E-state index is -0.527. The first kappa shape index (κ1) is 13.4. The first-order valence-electron chi connectivity index (χ1n) is 6.63. The number of nitrogens with one attached hydrogen (secondary N) is 2. The van der Waals surface area contributed by atoms with Crippen molar-refractivity contribution >= 4 is 17.5 Å². The zero-order chi connectivity index (χ0) is 14.8. The molecule has 1 amide bonds. The summed E-state index contributed by atoms with van der Waals surface area (Å²) in [6, 6.07) is 4.25. The first-order valence-corrected chi connectivity index (χ1v) is 6.63. The van der Waals surface area contributed by atoms with Crippen LogP contribution in [0.5, 0.6) is 5.75 Å². The summed E-state index contributed by atoms with van der Waals surface area (Å²) in [6.45, 7) is 1.68. The molecular formula is C14H15FN4O2. The van der Waals surface area contributed by atoms with E-state index in [2.05, 4.69) is 15.6 Å². The van der Waals surface area contributed by atoms with Crippen LogP contribution in [0.2, 0.25) is 0 Å². The summed E-state index contributed by atoms with van der Waals surface area (Å²) in [6.07, 6.45) is 2.69. The number of carbonyl (C=O) groups is 1. The van der Waals surface area contributed by atoms with Crippen LogP contribution in [0.1, 0.15) is 16.9 Å². The molecule has 1 aliphatic heterocycles. The molecule has 0 unspecified atom stereocenters. The number of halogens is 1. The number of carbonyl (C=O) groups excluding carboxylic acids is 1. The number of rotatable bonds is 3. The van der Waals surface area contributed by atoms with Crippen LogP contribution in [-0.4, -0.2) is 29.1 Å². The van der Waals surface area contributed by atoms with Crippen molar-refractivity contribution in [2.45, 2.75) is 13.0 Å². The molecule has 0 atom stereocenters. The fourth-order valence-electron chi connectivity index (χ4n) is 2.23. The molecule has 2 heterocycles. The molecule has 0 aliphatic carbocycles. The third-order valence-electron chi connectivity index (χ3n) is 3.28. The molecule has 3 rings (SSSR count). The topological polar surface area (TPSA) is 68.2 Å². The van der Waals surface area contributed by atoms with Crippen molar-refractivity contribution < 1.29 is 13.9 Å². The number of anilines is 2. The molecule has 21 heavy (non-hydrogen) atoms. The molecule has 110 valence electrons. The molecule has 0 radical (unpaired) electrons. The average molecular weight is 290 g/mol. The third-order valence-corrected chi connectivity index (χ3v) is 3.28. The van der Waals surface area contributed by atoms with Gasteiger partial charge in [-0.3, -0.25) is 4.79 Å². The number of amides is 1. The van der Waals surface area contributed by atoms with E-state index in [-0.39, 0.29) is 11.7 Å². The van der Waals surface area contributed by atoms with Crippen LogP contribution in [0.25, 0.3) is 0 Å². The highest BCUT2D eigenvalue weighted by molar-refractivity contribution is 6.03. The second-order valence-electron chi connectivity index (χ2n) is 4.73. The SMILES string of the molecule is COc1ccc(NC(=O)c2cn3c(n2)NCCC3)cc1F. The Morgan fingerprint density at radius 3 is 3.10 bits per heavy atom. The molecule has 0 saturated carbocycles. The van der Waals surface area contributed by atoms with Gasteiger partial charge in [0.2, 0.25) is 5.95 Å². The van der Waals surface area contributed by atoms with E-state index in [1.165, 1.54) is 19.2 Å². The van der Waals surface area contributed by atoms with Gasteiger partial charge in [-0.1, -0.05) is 0 Å². The van der Waals surface area contributed by atoms with E-state index in [0.717, 1.165) is 19.5 Å². The molecule has 0 bridgehead atoms. The van der Waals surface area contributed by atoms with E-state index < -0.39 is 5.82 Å². The average Bonchev–Trinajstić information content (AvgIpc) is 2.91. The van der Waals surface area contributed by atoms with Gasteiger partial charge in [-0.2, -0.15) is 0 Å². The molecule has 0 saturated heterocycles. The molecule has 1 aromatic heterocycles. The number of hydrogen-bond acceptors (Lipinski definition) is 4. The van der Waals surface area contributed by atoms with Crippen molar-refractivity contribution in [3.8, 4) is 5.75 Å². The molecule has 2 N–H and O–H groups in total. The number of methoxy groups -OCH3 is 1. The van der Waals surface area contributed by atoms with Crippen molar-refractivity contribution in [3.63, 3.8) is 0 Å². The van der Waals surface area contributed by atoms with Gasteiger partial charge in [0.05, 0.1) is 7.11 Å². The molecule has 1 aliphatic rings. The number of aromatic nitrogens is 2. The lowest BCUT2D eigenvalue weighted by Gasteiger charge is -2.14. The predicted molar refractivity (Wildman–Crippen MR) is 76.2 cm³/mol. The summed E-state index contributed by atoms with van der Waals surface area (Å²) in [4.78, 5) is 16.4. The Labute approximate surface area is 120 Å². The molecule has 7 heteroatoms. The van der Waals surface area contributed by atoms with Crippen LogP contribution in [0.3, 0.4) is 0 Å². The maximum Gasteiger partial charge on any atom is 0.275 e. The Morgan fingerprint density at radius 2 is 2.38 bits per heavy atom. The van der Waals surface area contributed by atoms with Crippen LogP contribution in [0.4, 0.5) is 16.0 Å². The lowest BCUT2D eigenvalue weighted by Crippen LogP contribution is -2.16. The lowest BCUT2D eigenvalue weighted by molar-refractivity contribution is 0.102. The summed E-state index contributed by atoms with van der Waals surface area (Å²) >= 11 is 0. The largest absolute Gasteiger partial charge is 0.494 e. The summed E-state index contributed by atoms with van der Waals surface area (Å²) in [5, 5.41) is 5.74. The normalized spacial score (nSPS) is 13.2. The van der Waals surface area contributed by atoms with Gasteiger partial charge in [0, 0.05) is 31.0 Å². The quantitative estimate of drug-likeness (QED) is 0.908. The number of benzene rings is 1. The molecule has 6 nitrogen and oxygen atoms in total. The van der Waals surface area contributed by atoms with E-state index in [1.54, 1.807) is 12.3 Å². The highest BCUT2D eigenvalue weighted by Crippen LogP contribution is 2.21. The Bertz CT molecular complexity index is 660. The van der Waals surface area contributed by atoms with Gasteiger partial charge < -0.3 is 19.9 Å². The maximum atomic E-state index is 13.6. The van der Waals surface area contributed by atoms with Crippen LogP contribution in [0.15, 0.2) is 24.4 Å². The number of aryl methyl sites for hydroxylation is 1. The summed E-state index contributed by atoms with van der Waals surface area (Å²) in [7, 11) is 1.39. The molecule has 0 spiro atoms. The van der Waals surface area contributed by atoms with Crippen LogP contribution < -0.4 is 15.4 Å². The summed E-state index contributed by atoms with van der Waals surface area (Å²) in [5.41, 5.74) is 0.660. The van der Waals surface area contributed by atoms with E-state index in [0.29, 0.717) is 17.3 Å². The van der Waals surface area contributed by atoms with Gasteiger partial charge in [-0.05, 0) is 18.6 Å². The van der Waals surface area contributed by atoms with Gasteiger partial charge in [0.15, 0.2) is 11.6 Å². The minimum absolute atomic E-state index is 0.134. The molecule has 0 fully saturated rings. The summed E-state index contributed by atoms with van der Waals surface area (Å²) in [5.74, 6) is -0.0775. The van der Waals surface area contributed by atoms with Gasteiger partial charge in [0.1, 0.15) is 5.69 Å². The zero-order valence-corrected chi connectivity index (χ0v) is 11.5. The van der Waals surface area contributed by atoms with Gasteiger partial charge in [-0.25, -0.2) is 9.37 Å². The van der Waals surface area contributed by atoms with Crippen molar-refractivity contribution in [2.24, 2.45) is 0 Å². The highest BCUT2D eigenvalue weighted by atomic mass is 19.1. The minimum Gasteiger partial charge on any atom is -0.494 e. The number of hydrogen-bond donors (Lipinski definition) is 2. The fourth-order valence-corrected chi connectivity index (χ4v) is 2.23. The van der Waals surface area contributed by atoms with E-state index in [1.807, 2.05) is 4.57 Å². The Kier molecular flexibility index (Phi) is 3.47. The van der Waals surface area contributed by atoms with Crippen molar-refractivity contribution in [2.75, 3.05) is 24.3 Å². The van der Waals surface area contributed by atoms with Crippen molar-refractivity contribution in [1.29, 1.82) is 0 Å². The fraction of sp³-hybridized carbons (Fsp3) is 0.286. The molecule has 1 aromatic carbocycles. The first-order chi connectivity index (χ1) is 10.2. The molecular weight excluding hydrogens is 275 g/mol. The highest BCUT2D eigenvalue weighted by Gasteiger charge is 2.17.